The zero-order valence-corrected chi connectivity index (χ0v) is 17.9. The van der Waals surface area contributed by atoms with Crippen LogP contribution < -0.4 is 25.1 Å². The molecule has 4 rings (SSSR count). The highest BCUT2D eigenvalue weighted by Gasteiger charge is 2.27. The van der Waals surface area contributed by atoms with Gasteiger partial charge in [-0.15, -0.1) is 0 Å². The van der Waals surface area contributed by atoms with E-state index in [1.807, 2.05) is 48.5 Å². The molecular weight excluding hydrogens is 408 g/mol. The fraction of sp³-hybridized carbons (Fsp3) is 0.125. The van der Waals surface area contributed by atoms with Crippen LogP contribution in [0.5, 0.6) is 17.2 Å². The summed E-state index contributed by atoms with van der Waals surface area (Å²) in [7, 11) is 4.72. The van der Waals surface area contributed by atoms with Crippen LogP contribution in [0.3, 0.4) is 0 Å². The largest absolute Gasteiger partial charge is 0.496 e. The molecule has 0 aromatic heterocycles. The van der Waals surface area contributed by atoms with E-state index in [1.54, 1.807) is 39.5 Å². The molecule has 0 spiro atoms. The van der Waals surface area contributed by atoms with Gasteiger partial charge in [-0.25, -0.2) is 5.43 Å². The summed E-state index contributed by atoms with van der Waals surface area (Å²) in [6.07, 6.45) is 0. The summed E-state index contributed by atoms with van der Waals surface area (Å²) in [6.45, 7) is 0. The number of hydrazone groups is 2. The van der Waals surface area contributed by atoms with Gasteiger partial charge in [0.2, 0.25) is 0 Å². The zero-order chi connectivity index (χ0) is 22.5. The molecule has 0 bridgehead atoms. The van der Waals surface area contributed by atoms with Crippen molar-refractivity contribution >= 4 is 23.0 Å². The number of nitrogens with one attached hydrogen (secondary N) is 2. The second-order valence-corrected chi connectivity index (χ2v) is 6.82. The van der Waals surface area contributed by atoms with Crippen LogP contribution in [0.25, 0.3) is 11.1 Å². The van der Waals surface area contributed by atoms with Gasteiger partial charge >= 0.3 is 0 Å². The maximum atomic E-state index is 12.3. The summed E-state index contributed by atoms with van der Waals surface area (Å²) in [5.74, 6) is 1.39. The third kappa shape index (κ3) is 4.11. The molecule has 32 heavy (non-hydrogen) atoms. The summed E-state index contributed by atoms with van der Waals surface area (Å²) >= 11 is 0. The van der Waals surface area contributed by atoms with E-state index in [0.717, 1.165) is 11.1 Å². The Kier molecular flexibility index (Phi) is 6.03. The molecule has 0 aliphatic carbocycles. The van der Waals surface area contributed by atoms with Gasteiger partial charge in [0.25, 0.3) is 5.91 Å². The SMILES string of the molecule is COc1ccc(C2=NNC(=O)/C2=N/Nc2ccc(-c3ccccc3)c(OC)c2)cc1OC. The van der Waals surface area contributed by atoms with Crippen molar-refractivity contribution in [2.45, 2.75) is 0 Å². The minimum atomic E-state index is -0.407. The molecular formula is C24H22N4O4. The maximum absolute atomic E-state index is 12.3. The predicted molar refractivity (Wildman–Crippen MR) is 124 cm³/mol. The Hall–Kier alpha value is -4.33. The number of methoxy groups -OCH3 is 3. The average molecular weight is 430 g/mol. The Bertz CT molecular complexity index is 1210. The van der Waals surface area contributed by atoms with Crippen molar-refractivity contribution in [3.05, 3.63) is 72.3 Å². The fourth-order valence-corrected chi connectivity index (χ4v) is 3.35. The Labute approximate surface area is 185 Å². The van der Waals surface area contributed by atoms with Crippen molar-refractivity contribution in [1.82, 2.24) is 5.43 Å². The first-order valence-electron chi connectivity index (χ1n) is 9.82. The van der Waals surface area contributed by atoms with Crippen molar-refractivity contribution < 1.29 is 19.0 Å². The van der Waals surface area contributed by atoms with Gasteiger partial charge in [-0.05, 0) is 35.9 Å². The molecule has 0 atom stereocenters. The lowest BCUT2D eigenvalue weighted by molar-refractivity contribution is -0.114. The highest BCUT2D eigenvalue weighted by atomic mass is 16.5. The molecule has 3 aromatic carbocycles. The van der Waals surface area contributed by atoms with E-state index >= 15 is 0 Å². The first kappa shape index (κ1) is 20.9. The molecule has 0 saturated heterocycles. The highest BCUT2D eigenvalue weighted by molar-refractivity contribution is 6.72. The van der Waals surface area contributed by atoms with Crippen LogP contribution in [0.4, 0.5) is 5.69 Å². The van der Waals surface area contributed by atoms with Crippen LogP contribution in [0.15, 0.2) is 76.9 Å². The molecule has 8 heteroatoms. The molecule has 162 valence electrons. The molecule has 3 aromatic rings. The molecule has 1 aliphatic rings. The third-order valence-corrected chi connectivity index (χ3v) is 4.95. The number of carbonyl (C=O) groups excluding carboxylic acids is 1. The Morgan fingerprint density at radius 3 is 2.28 bits per heavy atom. The minimum absolute atomic E-state index is 0.156. The molecule has 0 fully saturated rings. The van der Waals surface area contributed by atoms with Crippen molar-refractivity contribution in [3.8, 4) is 28.4 Å². The number of hydrogen-bond donors (Lipinski definition) is 2. The van der Waals surface area contributed by atoms with E-state index in [4.69, 9.17) is 14.2 Å². The second kappa shape index (κ2) is 9.22. The molecule has 1 amide bonds. The summed E-state index contributed by atoms with van der Waals surface area (Å²) in [5.41, 5.74) is 9.27. The lowest BCUT2D eigenvalue weighted by Crippen LogP contribution is -2.25. The minimum Gasteiger partial charge on any atom is -0.496 e. The summed E-state index contributed by atoms with van der Waals surface area (Å²) in [5, 5.41) is 8.43. The van der Waals surface area contributed by atoms with Gasteiger partial charge in [0, 0.05) is 17.2 Å². The van der Waals surface area contributed by atoms with E-state index in [2.05, 4.69) is 21.1 Å². The molecule has 1 aliphatic heterocycles. The van der Waals surface area contributed by atoms with Gasteiger partial charge in [0.05, 0.1) is 27.0 Å². The molecule has 0 saturated carbocycles. The van der Waals surface area contributed by atoms with Gasteiger partial charge in [0.15, 0.2) is 17.2 Å². The lowest BCUT2D eigenvalue weighted by atomic mass is 10.0. The van der Waals surface area contributed by atoms with Crippen molar-refractivity contribution in [2.24, 2.45) is 10.2 Å². The first-order chi connectivity index (χ1) is 15.6. The van der Waals surface area contributed by atoms with Crippen LogP contribution in [0, 0.1) is 0 Å². The number of ether oxygens (including phenoxy) is 3. The van der Waals surface area contributed by atoms with Crippen LogP contribution in [0.1, 0.15) is 5.56 Å². The van der Waals surface area contributed by atoms with E-state index < -0.39 is 5.91 Å². The maximum Gasteiger partial charge on any atom is 0.294 e. The van der Waals surface area contributed by atoms with Crippen molar-refractivity contribution in [3.63, 3.8) is 0 Å². The number of rotatable bonds is 7. The van der Waals surface area contributed by atoms with Crippen molar-refractivity contribution in [2.75, 3.05) is 26.8 Å². The number of hydrogen-bond acceptors (Lipinski definition) is 7. The molecule has 0 radical (unpaired) electrons. The molecule has 1 heterocycles. The fourth-order valence-electron chi connectivity index (χ4n) is 3.35. The molecule has 2 N–H and O–H groups in total. The number of nitrogens with zero attached hydrogens (tertiary/aromatic N) is 2. The lowest BCUT2D eigenvalue weighted by Gasteiger charge is -2.11. The van der Waals surface area contributed by atoms with Crippen LogP contribution >= 0.6 is 0 Å². The number of anilines is 1. The zero-order valence-electron chi connectivity index (χ0n) is 17.9. The van der Waals surface area contributed by atoms with Crippen LogP contribution in [0.2, 0.25) is 0 Å². The number of carbonyl (C=O) groups is 1. The summed E-state index contributed by atoms with van der Waals surface area (Å²) < 4.78 is 16.2. The van der Waals surface area contributed by atoms with Gasteiger partial charge in [-0.3, -0.25) is 10.2 Å². The Morgan fingerprint density at radius 1 is 0.812 bits per heavy atom. The smallest absolute Gasteiger partial charge is 0.294 e. The van der Waals surface area contributed by atoms with Gasteiger partial charge in [0.1, 0.15) is 11.5 Å². The van der Waals surface area contributed by atoms with Gasteiger partial charge < -0.3 is 14.2 Å². The second-order valence-electron chi connectivity index (χ2n) is 6.82. The first-order valence-corrected chi connectivity index (χ1v) is 9.82. The summed E-state index contributed by atoms with van der Waals surface area (Å²) in [4.78, 5) is 12.3. The normalized spacial score (nSPS) is 14.0. The van der Waals surface area contributed by atoms with Crippen LogP contribution in [-0.2, 0) is 4.79 Å². The van der Waals surface area contributed by atoms with E-state index in [9.17, 15) is 4.79 Å². The Morgan fingerprint density at radius 2 is 1.56 bits per heavy atom. The Balaban J connectivity index is 1.61. The average Bonchev–Trinajstić information content (AvgIpc) is 3.22. The topological polar surface area (TPSA) is 93.5 Å². The van der Waals surface area contributed by atoms with E-state index in [1.165, 1.54) is 0 Å². The van der Waals surface area contributed by atoms with Crippen LogP contribution in [-0.4, -0.2) is 38.7 Å². The standard InChI is InChI=1S/C24H22N4O4/c1-30-19-12-9-16(13-21(19)32-3)22-23(24(29)28-26-22)27-25-17-10-11-18(20(14-17)31-2)15-7-5-4-6-8-15/h4-14,25H,1-3H3,(H,27,28,29). The van der Waals surface area contributed by atoms with Gasteiger partial charge in [-0.2, -0.15) is 10.2 Å². The molecule has 0 unspecified atom stereocenters. The number of amides is 1. The quantitative estimate of drug-likeness (QED) is 0.558. The van der Waals surface area contributed by atoms with E-state index in [0.29, 0.717) is 34.2 Å². The number of benzene rings is 3. The van der Waals surface area contributed by atoms with E-state index in [-0.39, 0.29) is 5.71 Å². The molecule has 8 nitrogen and oxygen atoms in total. The monoisotopic (exact) mass is 430 g/mol. The van der Waals surface area contributed by atoms with Crippen molar-refractivity contribution in [1.29, 1.82) is 0 Å². The summed E-state index contributed by atoms with van der Waals surface area (Å²) in [6, 6.07) is 20.8. The van der Waals surface area contributed by atoms with Gasteiger partial charge in [-0.1, -0.05) is 30.3 Å². The highest BCUT2D eigenvalue weighted by Crippen LogP contribution is 2.32. The predicted octanol–water partition coefficient (Wildman–Crippen LogP) is 3.68. The third-order valence-electron chi connectivity index (χ3n) is 4.95.